The minimum Gasteiger partial charge on any atom is -0.466 e. The van der Waals surface area contributed by atoms with E-state index in [0.29, 0.717) is 13.0 Å². The van der Waals surface area contributed by atoms with Gasteiger partial charge in [-0.05, 0) is 31.7 Å². The molecular weight excluding hydrogens is 264 g/mol. The van der Waals surface area contributed by atoms with E-state index in [-0.39, 0.29) is 5.97 Å². The average molecular weight is 284 g/mol. The predicted octanol–water partition coefficient (Wildman–Crippen LogP) is 3.42. The van der Waals surface area contributed by atoms with Crippen LogP contribution < -0.4 is 0 Å². The van der Waals surface area contributed by atoms with Gasteiger partial charge in [0.05, 0.1) is 6.61 Å². The molecule has 0 fully saturated rings. The summed E-state index contributed by atoms with van der Waals surface area (Å²) in [5.41, 5.74) is 2.12. The number of aromatic nitrogens is 2. The van der Waals surface area contributed by atoms with Gasteiger partial charge in [0, 0.05) is 24.4 Å². The molecule has 1 aromatic heterocycles. The van der Waals surface area contributed by atoms with Crippen LogP contribution in [0.15, 0.2) is 42.7 Å². The third-order valence-electron chi connectivity index (χ3n) is 3.14. The van der Waals surface area contributed by atoms with Crippen molar-refractivity contribution in [1.29, 1.82) is 0 Å². The van der Waals surface area contributed by atoms with E-state index in [4.69, 9.17) is 4.74 Å². The van der Waals surface area contributed by atoms with Gasteiger partial charge in [0.1, 0.15) is 0 Å². The summed E-state index contributed by atoms with van der Waals surface area (Å²) in [6, 6.07) is 9.91. The molecule has 0 aliphatic heterocycles. The summed E-state index contributed by atoms with van der Waals surface area (Å²) < 4.78 is 4.90. The van der Waals surface area contributed by atoms with E-state index in [9.17, 15) is 4.79 Å². The molecule has 0 saturated carbocycles. The zero-order chi connectivity index (χ0) is 14.9. The molecule has 0 atom stereocenters. The van der Waals surface area contributed by atoms with Gasteiger partial charge < -0.3 is 4.74 Å². The Bertz CT molecular complexity index is 553. The van der Waals surface area contributed by atoms with Crippen LogP contribution in [0.2, 0.25) is 0 Å². The van der Waals surface area contributed by atoms with Gasteiger partial charge in [-0.1, -0.05) is 30.3 Å². The molecule has 110 valence electrons. The van der Waals surface area contributed by atoms with Crippen molar-refractivity contribution in [3.8, 4) is 11.4 Å². The van der Waals surface area contributed by atoms with E-state index in [2.05, 4.69) is 9.97 Å². The molecule has 0 saturated heterocycles. The molecule has 0 aliphatic rings. The number of benzene rings is 1. The second kappa shape index (κ2) is 8.15. The molecule has 0 bridgehead atoms. The van der Waals surface area contributed by atoms with Crippen molar-refractivity contribution >= 4 is 5.97 Å². The lowest BCUT2D eigenvalue weighted by atomic mass is 10.1. The van der Waals surface area contributed by atoms with Gasteiger partial charge in [0.15, 0.2) is 5.82 Å². The Morgan fingerprint density at radius 1 is 1.10 bits per heavy atom. The number of rotatable bonds is 7. The molecule has 0 spiro atoms. The topological polar surface area (TPSA) is 52.1 Å². The van der Waals surface area contributed by atoms with Gasteiger partial charge in [0.25, 0.3) is 0 Å². The smallest absolute Gasteiger partial charge is 0.305 e. The second-order valence-corrected chi connectivity index (χ2v) is 4.79. The van der Waals surface area contributed by atoms with Crippen molar-refractivity contribution in [3.63, 3.8) is 0 Å². The maximum atomic E-state index is 11.2. The van der Waals surface area contributed by atoms with E-state index >= 15 is 0 Å². The van der Waals surface area contributed by atoms with Crippen LogP contribution in [0.4, 0.5) is 0 Å². The summed E-state index contributed by atoms with van der Waals surface area (Å²) in [6.07, 6.45) is 6.86. The van der Waals surface area contributed by atoms with Crippen molar-refractivity contribution in [1.82, 2.24) is 9.97 Å². The Kier molecular flexibility index (Phi) is 5.88. The van der Waals surface area contributed by atoms with Crippen LogP contribution in [0.3, 0.4) is 0 Å². The number of hydrogen-bond donors (Lipinski definition) is 0. The van der Waals surface area contributed by atoms with E-state index in [1.807, 2.05) is 49.6 Å². The number of esters is 1. The van der Waals surface area contributed by atoms with Gasteiger partial charge in [-0.2, -0.15) is 0 Å². The number of nitrogens with zero attached hydrogens (tertiary/aromatic N) is 2. The van der Waals surface area contributed by atoms with Crippen molar-refractivity contribution in [2.75, 3.05) is 6.61 Å². The largest absolute Gasteiger partial charge is 0.466 e. The number of hydrogen-bond acceptors (Lipinski definition) is 4. The Labute approximate surface area is 125 Å². The number of carbonyl (C=O) groups excluding carboxylic acids is 1. The molecule has 21 heavy (non-hydrogen) atoms. The second-order valence-electron chi connectivity index (χ2n) is 4.79. The van der Waals surface area contributed by atoms with Crippen LogP contribution >= 0.6 is 0 Å². The maximum Gasteiger partial charge on any atom is 0.305 e. The zero-order valence-corrected chi connectivity index (χ0v) is 12.3. The quantitative estimate of drug-likeness (QED) is 0.577. The zero-order valence-electron chi connectivity index (χ0n) is 12.3. The van der Waals surface area contributed by atoms with E-state index < -0.39 is 0 Å². The summed E-state index contributed by atoms with van der Waals surface area (Å²) in [5, 5.41) is 0. The van der Waals surface area contributed by atoms with Crippen molar-refractivity contribution in [3.05, 3.63) is 48.3 Å². The standard InChI is InChI=1S/C17H20N2O2/c1-2-21-16(20)11-7-6-8-14-12-18-17(19-13-14)15-9-4-3-5-10-15/h3-5,9-10,12-13H,2,6-8,11H2,1H3. The molecule has 4 heteroatoms. The molecule has 0 N–H and O–H groups in total. The minimum absolute atomic E-state index is 0.117. The summed E-state index contributed by atoms with van der Waals surface area (Å²) in [7, 11) is 0. The average Bonchev–Trinajstić information content (AvgIpc) is 2.53. The lowest BCUT2D eigenvalue weighted by Crippen LogP contribution is -2.03. The highest BCUT2D eigenvalue weighted by atomic mass is 16.5. The summed E-state index contributed by atoms with van der Waals surface area (Å²) >= 11 is 0. The monoisotopic (exact) mass is 284 g/mol. The van der Waals surface area contributed by atoms with Gasteiger partial charge in [0.2, 0.25) is 0 Å². The summed E-state index contributed by atoms with van der Waals surface area (Å²) in [4.78, 5) is 20.0. The first-order valence-electron chi connectivity index (χ1n) is 7.31. The number of unbranched alkanes of at least 4 members (excludes halogenated alkanes) is 1. The summed E-state index contributed by atoms with van der Waals surface area (Å²) in [5.74, 6) is 0.624. The van der Waals surface area contributed by atoms with Crippen LogP contribution in [-0.4, -0.2) is 22.5 Å². The first-order chi connectivity index (χ1) is 10.3. The first-order valence-corrected chi connectivity index (χ1v) is 7.31. The molecular formula is C17H20N2O2. The molecule has 2 aromatic rings. The van der Waals surface area contributed by atoms with Gasteiger partial charge in [-0.3, -0.25) is 4.79 Å². The molecule has 0 aliphatic carbocycles. The first kappa shape index (κ1) is 15.2. The normalized spacial score (nSPS) is 10.3. The molecule has 4 nitrogen and oxygen atoms in total. The SMILES string of the molecule is CCOC(=O)CCCCc1cnc(-c2ccccc2)nc1. The third kappa shape index (κ3) is 4.99. The highest BCUT2D eigenvalue weighted by Crippen LogP contribution is 2.14. The predicted molar refractivity (Wildman–Crippen MR) is 81.7 cm³/mol. The van der Waals surface area contributed by atoms with E-state index in [1.165, 1.54) is 0 Å². The minimum atomic E-state index is -0.117. The number of ether oxygens (including phenoxy) is 1. The van der Waals surface area contributed by atoms with Crippen LogP contribution in [0.25, 0.3) is 11.4 Å². The number of aryl methyl sites for hydroxylation is 1. The number of carbonyl (C=O) groups is 1. The molecule has 2 rings (SSSR count). The van der Waals surface area contributed by atoms with Gasteiger partial charge >= 0.3 is 5.97 Å². The molecule has 0 unspecified atom stereocenters. The van der Waals surface area contributed by atoms with E-state index in [0.717, 1.165) is 36.2 Å². The fraction of sp³-hybridized carbons (Fsp3) is 0.353. The molecule has 1 heterocycles. The Morgan fingerprint density at radius 3 is 2.48 bits per heavy atom. The lowest BCUT2D eigenvalue weighted by molar-refractivity contribution is -0.143. The van der Waals surface area contributed by atoms with Crippen molar-refractivity contribution < 1.29 is 9.53 Å². The highest BCUT2D eigenvalue weighted by Gasteiger charge is 2.03. The Hall–Kier alpha value is -2.23. The van der Waals surface area contributed by atoms with Gasteiger partial charge in [-0.25, -0.2) is 9.97 Å². The van der Waals surface area contributed by atoms with Crippen LogP contribution in [0, 0.1) is 0 Å². The lowest BCUT2D eigenvalue weighted by Gasteiger charge is -2.03. The van der Waals surface area contributed by atoms with Crippen LogP contribution in [0.5, 0.6) is 0 Å². The van der Waals surface area contributed by atoms with Gasteiger partial charge in [-0.15, -0.1) is 0 Å². The molecule has 0 amide bonds. The van der Waals surface area contributed by atoms with Crippen molar-refractivity contribution in [2.45, 2.75) is 32.6 Å². The maximum absolute atomic E-state index is 11.2. The fourth-order valence-electron chi connectivity index (χ4n) is 2.05. The highest BCUT2D eigenvalue weighted by molar-refractivity contribution is 5.69. The van der Waals surface area contributed by atoms with Crippen LogP contribution in [-0.2, 0) is 16.0 Å². The Balaban J connectivity index is 1.79. The Morgan fingerprint density at radius 2 is 1.81 bits per heavy atom. The van der Waals surface area contributed by atoms with E-state index in [1.54, 1.807) is 0 Å². The van der Waals surface area contributed by atoms with Crippen molar-refractivity contribution in [2.24, 2.45) is 0 Å². The summed E-state index contributed by atoms with van der Waals surface area (Å²) in [6.45, 7) is 2.27. The fourth-order valence-corrected chi connectivity index (χ4v) is 2.05. The van der Waals surface area contributed by atoms with Crippen LogP contribution in [0.1, 0.15) is 31.7 Å². The molecule has 1 aromatic carbocycles. The molecule has 0 radical (unpaired) electrons. The third-order valence-corrected chi connectivity index (χ3v) is 3.14.